The number of para-hydroxylation sites is 1. The highest BCUT2D eigenvalue weighted by Crippen LogP contribution is 2.44. The molecule has 1 aromatic heterocycles. The molecule has 1 amide bonds. The summed E-state index contributed by atoms with van der Waals surface area (Å²) in [5, 5.41) is 0. The first kappa shape index (κ1) is 17.7. The molecule has 138 valence electrons. The van der Waals surface area contributed by atoms with Gasteiger partial charge in [-0.05, 0) is 29.2 Å². The molecule has 27 heavy (non-hydrogen) atoms. The Morgan fingerprint density at radius 3 is 2.30 bits per heavy atom. The Morgan fingerprint density at radius 2 is 1.67 bits per heavy atom. The van der Waals surface area contributed by atoms with Crippen molar-refractivity contribution >= 4 is 28.7 Å². The molecule has 3 aromatic rings. The van der Waals surface area contributed by atoms with E-state index in [2.05, 4.69) is 38.1 Å². The number of rotatable bonds is 3. The number of amides is 1. The van der Waals surface area contributed by atoms with Crippen LogP contribution in [0.15, 0.2) is 59.4 Å². The topological polar surface area (TPSA) is 42.3 Å². The summed E-state index contributed by atoms with van der Waals surface area (Å²) >= 11 is 1.24. The fourth-order valence-corrected chi connectivity index (χ4v) is 4.74. The van der Waals surface area contributed by atoms with Crippen molar-refractivity contribution in [3.63, 3.8) is 0 Å². The van der Waals surface area contributed by atoms with Crippen LogP contribution in [0.25, 0.3) is 0 Å². The van der Waals surface area contributed by atoms with E-state index in [1.807, 2.05) is 30.3 Å². The Morgan fingerprint density at radius 1 is 1.00 bits per heavy atom. The summed E-state index contributed by atoms with van der Waals surface area (Å²) in [4.78, 5) is 28.2. The van der Waals surface area contributed by atoms with Gasteiger partial charge in [0.05, 0.1) is 10.6 Å². The molecule has 0 unspecified atom stereocenters. The maximum Gasteiger partial charge on any atom is 0.308 e. The molecule has 4 nitrogen and oxygen atoms in total. The van der Waals surface area contributed by atoms with E-state index in [9.17, 15) is 9.59 Å². The van der Waals surface area contributed by atoms with Crippen LogP contribution in [-0.4, -0.2) is 10.5 Å². The Hall–Kier alpha value is -2.66. The van der Waals surface area contributed by atoms with Crippen molar-refractivity contribution in [2.45, 2.75) is 32.1 Å². The third-order valence-corrected chi connectivity index (χ3v) is 6.32. The van der Waals surface area contributed by atoms with E-state index in [1.165, 1.54) is 16.9 Å². The van der Waals surface area contributed by atoms with Crippen LogP contribution in [0, 0.1) is 0 Å². The summed E-state index contributed by atoms with van der Waals surface area (Å²) in [6.45, 7) is 4.33. The maximum atomic E-state index is 13.1. The summed E-state index contributed by atoms with van der Waals surface area (Å²) in [6, 6.07) is 18.0. The van der Waals surface area contributed by atoms with E-state index in [1.54, 1.807) is 16.5 Å². The number of thiazole rings is 1. The van der Waals surface area contributed by atoms with Gasteiger partial charge in [-0.2, -0.15) is 0 Å². The van der Waals surface area contributed by atoms with Gasteiger partial charge in [-0.25, -0.2) is 0 Å². The molecule has 1 aliphatic heterocycles. The zero-order chi connectivity index (χ0) is 19.1. The number of hydrogen-bond donors (Lipinski definition) is 0. The molecule has 5 heteroatoms. The Bertz CT molecular complexity index is 1030. The van der Waals surface area contributed by atoms with Crippen molar-refractivity contribution < 1.29 is 4.79 Å². The lowest BCUT2D eigenvalue weighted by molar-refractivity contribution is -0.118. The van der Waals surface area contributed by atoms with E-state index in [0.29, 0.717) is 18.2 Å². The summed E-state index contributed by atoms with van der Waals surface area (Å²) in [5.74, 6) is 1.10. The molecule has 0 saturated heterocycles. The largest absolute Gasteiger partial charge is 0.308 e. The maximum absolute atomic E-state index is 13.1. The molecule has 0 N–H and O–H groups in total. The molecule has 0 spiro atoms. The van der Waals surface area contributed by atoms with Crippen molar-refractivity contribution in [2.75, 3.05) is 4.90 Å². The summed E-state index contributed by atoms with van der Waals surface area (Å²) in [5.41, 5.74) is 3.16. The third kappa shape index (κ3) is 3.02. The molecule has 2 heterocycles. The second kappa shape index (κ2) is 6.82. The molecule has 1 aliphatic rings. The molecule has 1 atom stereocenters. The lowest BCUT2D eigenvalue weighted by Gasteiger charge is -2.32. The lowest BCUT2D eigenvalue weighted by atomic mass is 9.89. The van der Waals surface area contributed by atoms with Gasteiger partial charge in [0.1, 0.15) is 5.82 Å². The van der Waals surface area contributed by atoms with Crippen molar-refractivity contribution in [3.05, 3.63) is 80.3 Å². The molecule has 0 saturated carbocycles. The normalized spacial score (nSPS) is 16.7. The smallest absolute Gasteiger partial charge is 0.288 e. The Labute approximate surface area is 162 Å². The van der Waals surface area contributed by atoms with E-state index < -0.39 is 0 Å². The SMILES string of the molecule is CC(C)c1ccc([C@@H]2CC(=O)N(c3ccccc3)c3c2sc(=O)n3C)cc1. The second-order valence-corrected chi connectivity index (χ2v) is 8.25. The number of hydrogen-bond acceptors (Lipinski definition) is 3. The molecule has 0 radical (unpaired) electrons. The average molecular weight is 378 g/mol. The summed E-state index contributed by atoms with van der Waals surface area (Å²) in [6.07, 6.45) is 0.364. The number of anilines is 2. The summed E-state index contributed by atoms with van der Waals surface area (Å²) in [7, 11) is 1.74. The van der Waals surface area contributed by atoms with Gasteiger partial charge in [-0.15, -0.1) is 0 Å². The van der Waals surface area contributed by atoms with Crippen molar-refractivity contribution in [3.8, 4) is 0 Å². The van der Waals surface area contributed by atoms with E-state index in [4.69, 9.17) is 0 Å². The van der Waals surface area contributed by atoms with Crippen molar-refractivity contribution in [1.82, 2.24) is 4.57 Å². The molecular formula is C22H22N2O2S. The van der Waals surface area contributed by atoms with Crippen LogP contribution < -0.4 is 9.77 Å². The van der Waals surface area contributed by atoms with Crippen LogP contribution >= 0.6 is 11.3 Å². The molecule has 4 rings (SSSR count). The van der Waals surface area contributed by atoms with Gasteiger partial charge in [-0.3, -0.25) is 19.1 Å². The molecule has 0 aliphatic carbocycles. The first-order valence-electron chi connectivity index (χ1n) is 9.15. The number of nitrogens with zero attached hydrogens (tertiary/aromatic N) is 2. The minimum atomic E-state index is -0.0763. The van der Waals surface area contributed by atoms with Crippen LogP contribution in [0.2, 0.25) is 0 Å². The zero-order valence-electron chi connectivity index (χ0n) is 15.7. The fraction of sp³-hybridized carbons (Fsp3) is 0.273. The van der Waals surface area contributed by atoms with Crippen molar-refractivity contribution in [1.29, 1.82) is 0 Å². The second-order valence-electron chi connectivity index (χ2n) is 7.26. The predicted molar refractivity (Wildman–Crippen MR) is 110 cm³/mol. The van der Waals surface area contributed by atoms with Crippen LogP contribution in [0.4, 0.5) is 11.5 Å². The minimum Gasteiger partial charge on any atom is -0.288 e. The van der Waals surface area contributed by atoms with Crippen molar-refractivity contribution in [2.24, 2.45) is 7.05 Å². The Kier molecular flexibility index (Phi) is 4.48. The third-order valence-electron chi connectivity index (χ3n) is 5.19. The molecule has 0 fully saturated rings. The first-order valence-corrected chi connectivity index (χ1v) is 9.96. The van der Waals surface area contributed by atoms with Gasteiger partial charge >= 0.3 is 4.87 Å². The highest BCUT2D eigenvalue weighted by atomic mass is 32.1. The average Bonchev–Trinajstić information content (AvgIpc) is 2.97. The summed E-state index contributed by atoms with van der Waals surface area (Å²) < 4.78 is 1.60. The van der Waals surface area contributed by atoms with Gasteiger partial charge in [0, 0.05) is 19.4 Å². The van der Waals surface area contributed by atoms with Crippen LogP contribution in [-0.2, 0) is 11.8 Å². The van der Waals surface area contributed by atoms with Gasteiger partial charge in [0.25, 0.3) is 0 Å². The number of carbonyl (C=O) groups is 1. The number of aromatic nitrogens is 1. The predicted octanol–water partition coefficient (Wildman–Crippen LogP) is 4.77. The van der Waals surface area contributed by atoms with E-state index in [-0.39, 0.29) is 16.7 Å². The standard InChI is InChI=1S/C22H22N2O2S/c1-14(2)15-9-11-16(12-10-15)18-13-19(25)24(17-7-5-4-6-8-17)21-20(18)27-22(26)23(21)3/h4-12,14,18H,13H2,1-3H3/t18-/m0/s1. The van der Waals surface area contributed by atoms with Gasteiger partial charge in [0.15, 0.2) is 0 Å². The highest BCUT2D eigenvalue weighted by Gasteiger charge is 2.37. The first-order chi connectivity index (χ1) is 13.0. The lowest BCUT2D eigenvalue weighted by Crippen LogP contribution is -2.34. The number of fused-ring (bicyclic) bond motifs is 1. The quantitative estimate of drug-likeness (QED) is 0.659. The Balaban J connectivity index is 1.84. The molecular weight excluding hydrogens is 356 g/mol. The van der Waals surface area contributed by atoms with Gasteiger partial charge < -0.3 is 0 Å². The van der Waals surface area contributed by atoms with Gasteiger partial charge in [-0.1, -0.05) is 67.6 Å². The highest BCUT2D eigenvalue weighted by molar-refractivity contribution is 7.10. The van der Waals surface area contributed by atoms with Crippen LogP contribution in [0.3, 0.4) is 0 Å². The van der Waals surface area contributed by atoms with E-state index >= 15 is 0 Å². The molecule has 2 aromatic carbocycles. The van der Waals surface area contributed by atoms with Crippen LogP contribution in [0.1, 0.15) is 48.1 Å². The van der Waals surface area contributed by atoms with E-state index in [0.717, 1.165) is 16.1 Å². The molecule has 0 bridgehead atoms. The minimum absolute atomic E-state index is 0.0139. The fourth-order valence-electron chi connectivity index (χ4n) is 3.65. The number of benzene rings is 2. The number of carbonyl (C=O) groups excluding carboxylic acids is 1. The van der Waals surface area contributed by atoms with Crippen LogP contribution in [0.5, 0.6) is 0 Å². The zero-order valence-corrected chi connectivity index (χ0v) is 16.5. The van der Waals surface area contributed by atoms with Gasteiger partial charge in [0.2, 0.25) is 5.91 Å². The monoisotopic (exact) mass is 378 g/mol.